The maximum atomic E-state index is 13.0. The molecule has 1 saturated heterocycles. The molecular formula is C20H20F3N7O2. The standard InChI is InChI=1S/C20H20F3N7O2/c1-32-16-3-2-14(20(21,22)23)10-15(16)26-19(31)13-6-8-29(9-7-13)17-4-5-18(28-27-17)30-12-24-11-25-30/h2-5,10-13H,6-9H2,1H3,(H,26,31). The zero-order valence-corrected chi connectivity index (χ0v) is 17.1. The number of nitrogens with zero attached hydrogens (tertiary/aromatic N) is 6. The average Bonchev–Trinajstić information content (AvgIpc) is 3.34. The summed E-state index contributed by atoms with van der Waals surface area (Å²) in [5.74, 6) is 0.706. The Hall–Kier alpha value is -3.70. The molecule has 3 aromatic rings. The Kier molecular flexibility index (Phi) is 5.93. The monoisotopic (exact) mass is 447 g/mol. The lowest BCUT2D eigenvalue weighted by molar-refractivity contribution is -0.137. The SMILES string of the molecule is COc1ccc(C(F)(F)F)cc1NC(=O)C1CCN(c2ccc(-n3cncn3)nn2)CC1. The first kappa shape index (κ1) is 21.5. The molecule has 0 spiro atoms. The number of anilines is 2. The lowest BCUT2D eigenvalue weighted by Gasteiger charge is -2.32. The van der Waals surface area contributed by atoms with Gasteiger partial charge in [-0.1, -0.05) is 0 Å². The average molecular weight is 447 g/mol. The lowest BCUT2D eigenvalue weighted by Crippen LogP contribution is -2.38. The number of amides is 1. The quantitative estimate of drug-likeness (QED) is 0.642. The summed E-state index contributed by atoms with van der Waals surface area (Å²) in [7, 11) is 1.34. The van der Waals surface area contributed by atoms with E-state index in [4.69, 9.17) is 4.74 Å². The molecule has 12 heteroatoms. The highest BCUT2D eigenvalue weighted by atomic mass is 19.4. The van der Waals surface area contributed by atoms with E-state index in [1.807, 2.05) is 11.0 Å². The van der Waals surface area contributed by atoms with Crippen LogP contribution >= 0.6 is 0 Å². The van der Waals surface area contributed by atoms with Crippen molar-refractivity contribution < 1.29 is 22.7 Å². The minimum absolute atomic E-state index is 0.00400. The zero-order valence-electron chi connectivity index (χ0n) is 17.1. The van der Waals surface area contributed by atoms with E-state index in [1.165, 1.54) is 30.5 Å². The Bertz CT molecular complexity index is 1060. The second-order valence-corrected chi connectivity index (χ2v) is 7.25. The van der Waals surface area contributed by atoms with Crippen LogP contribution in [0.2, 0.25) is 0 Å². The summed E-state index contributed by atoms with van der Waals surface area (Å²) < 4.78 is 45.7. The number of hydrogen-bond acceptors (Lipinski definition) is 7. The highest BCUT2D eigenvalue weighted by Gasteiger charge is 2.32. The van der Waals surface area contributed by atoms with Gasteiger partial charge in [-0.15, -0.1) is 10.2 Å². The predicted octanol–water partition coefficient (Wildman–Crippen LogP) is 2.94. The molecule has 0 aliphatic carbocycles. The van der Waals surface area contributed by atoms with Gasteiger partial charge in [0.05, 0.1) is 18.4 Å². The number of benzene rings is 1. The summed E-state index contributed by atoms with van der Waals surface area (Å²) in [5, 5.41) is 14.9. The van der Waals surface area contributed by atoms with E-state index in [0.29, 0.717) is 37.6 Å². The number of nitrogens with one attached hydrogen (secondary N) is 1. The topological polar surface area (TPSA) is 98.1 Å². The third-order valence-electron chi connectivity index (χ3n) is 5.26. The van der Waals surface area contributed by atoms with Gasteiger partial charge in [0.25, 0.3) is 0 Å². The molecule has 0 atom stereocenters. The number of carbonyl (C=O) groups is 1. The zero-order chi connectivity index (χ0) is 22.7. The van der Waals surface area contributed by atoms with Crippen molar-refractivity contribution in [3.05, 3.63) is 48.5 Å². The number of carbonyl (C=O) groups excluding carboxylic acids is 1. The molecule has 0 radical (unpaired) electrons. The van der Waals surface area contributed by atoms with Gasteiger partial charge < -0.3 is 15.0 Å². The summed E-state index contributed by atoms with van der Waals surface area (Å²) in [6, 6.07) is 6.59. The maximum absolute atomic E-state index is 13.0. The number of alkyl halides is 3. The molecule has 1 amide bonds. The predicted molar refractivity (Wildman–Crippen MR) is 109 cm³/mol. The van der Waals surface area contributed by atoms with Crippen LogP contribution in [0.25, 0.3) is 5.82 Å². The fourth-order valence-corrected chi connectivity index (χ4v) is 3.52. The molecule has 0 saturated carbocycles. The molecule has 1 aliphatic rings. The molecule has 2 aromatic heterocycles. The fraction of sp³-hybridized carbons (Fsp3) is 0.350. The van der Waals surface area contributed by atoms with Crippen molar-refractivity contribution in [1.29, 1.82) is 0 Å². The normalized spacial score (nSPS) is 14.9. The molecule has 4 rings (SSSR count). The molecule has 1 aliphatic heterocycles. The van der Waals surface area contributed by atoms with Crippen molar-refractivity contribution in [2.75, 3.05) is 30.4 Å². The molecule has 168 valence electrons. The number of ether oxygens (including phenoxy) is 1. The van der Waals surface area contributed by atoms with E-state index in [1.54, 1.807) is 6.07 Å². The largest absolute Gasteiger partial charge is 0.495 e. The van der Waals surface area contributed by atoms with Crippen LogP contribution in [0.4, 0.5) is 24.7 Å². The Labute approximate surface area is 181 Å². The van der Waals surface area contributed by atoms with Crippen molar-refractivity contribution in [3.63, 3.8) is 0 Å². The van der Waals surface area contributed by atoms with Crippen LogP contribution < -0.4 is 15.0 Å². The van der Waals surface area contributed by atoms with Crippen LogP contribution in [-0.4, -0.2) is 51.1 Å². The minimum atomic E-state index is -4.51. The number of aromatic nitrogens is 5. The number of hydrogen-bond donors (Lipinski definition) is 1. The Balaban J connectivity index is 1.38. The van der Waals surface area contributed by atoms with Gasteiger partial charge in [0, 0.05) is 19.0 Å². The van der Waals surface area contributed by atoms with Gasteiger partial charge in [0.15, 0.2) is 11.6 Å². The van der Waals surface area contributed by atoms with Crippen molar-refractivity contribution in [2.45, 2.75) is 19.0 Å². The van der Waals surface area contributed by atoms with Gasteiger partial charge in [-0.25, -0.2) is 9.67 Å². The second kappa shape index (κ2) is 8.81. The molecule has 32 heavy (non-hydrogen) atoms. The number of methoxy groups -OCH3 is 1. The summed E-state index contributed by atoms with van der Waals surface area (Å²) in [6.45, 7) is 1.13. The van der Waals surface area contributed by atoms with Crippen LogP contribution in [0.1, 0.15) is 18.4 Å². The Morgan fingerprint density at radius 1 is 1.12 bits per heavy atom. The lowest BCUT2D eigenvalue weighted by atomic mass is 9.95. The highest BCUT2D eigenvalue weighted by Crippen LogP contribution is 2.35. The molecular weight excluding hydrogens is 427 g/mol. The number of halogens is 3. The molecule has 1 N–H and O–H groups in total. The van der Waals surface area contributed by atoms with Crippen LogP contribution in [0.5, 0.6) is 5.75 Å². The first-order valence-corrected chi connectivity index (χ1v) is 9.85. The summed E-state index contributed by atoms with van der Waals surface area (Å²) in [4.78, 5) is 18.6. The van der Waals surface area contributed by atoms with Gasteiger partial charge in [0.1, 0.15) is 18.4 Å². The van der Waals surface area contributed by atoms with E-state index in [-0.39, 0.29) is 23.3 Å². The first-order chi connectivity index (χ1) is 15.3. The van der Waals surface area contributed by atoms with Crippen molar-refractivity contribution in [1.82, 2.24) is 25.0 Å². The van der Waals surface area contributed by atoms with Crippen LogP contribution in [0.3, 0.4) is 0 Å². The van der Waals surface area contributed by atoms with Gasteiger partial charge in [0.2, 0.25) is 5.91 Å². The Morgan fingerprint density at radius 2 is 1.84 bits per heavy atom. The molecule has 3 heterocycles. The molecule has 1 aromatic carbocycles. The number of piperidine rings is 1. The van der Waals surface area contributed by atoms with Gasteiger partial charge in [-0.3, -0.25) is 4.79 Å². The van der Waals surface area contributed by atoms with Crippen LogP contribution in [0, 0.1) is 5.92 Å². The molecule has 0 bridgehead atoms. The highest BCUT2D eigenvalue weighted by molar-refractivity contribution is 5.94. The van der Waals surface area contributed by atoms with Crippen molar-refractivity contribution in [3.8, 4) is 11.6 Å². The Morgan fingerprint density at radius 3 is 2.44 bits per heavy atom. The van der Waals surface area contributed by atoms with Crippen molar-refractivity contribution >= 4 is 17.4 Å². The van der Waals surface area contributed by atoms with E-state index < -0.39 is 11.7 Å². The summed E-state index contributed by atoms with van der Waals surface area (Å²) in [5.41, 5.74) is -0.847. The fourth-order valence-electron chi connectivity index (χ4n) is 3.52. The second-order valence-electron chi connectivity index (χ2n) is 7.25. The molecule has 1 fully saturated rings. The minimum Gasteiger partial charge on any atom is -0.495 e. The van der Waals surface area contributed by atoms with E-state index >= 15 is 0 Å². The maximum Gasteiger partial charge on any atom is 0.416 e. The number of rotatable bonds is 5. The molecule has 9 nitrogen and oxygen atoms in total. The third kappa shape index (κ3) is 4.63. The van der Waals surface area contributed by atoms with Gasteiger partial charge in [-0.2, -0.15) is 18.3 Å². The van der Waals surface area contributed by atoms with E-state index in [2.05, 4.69) is 25.6 Å². The van der Waals surface area contributed by atoms with E-state index in [9.17, 15) is 18.0 Å². The summed E-state index contributed by atoms with van der Waals surface area (Å²) >= 11 is 0. The van der Waals surface area contributed by atoms with Crippen LogP contribution in [-0.2, 0) is 11.0 Å². The smallest absolute Gasteiger partial charge is 0.416 e. The van der Waals surface area contributed by atoms with Crippen LogP contribution in [0.15, 0.2) is 43.0 Å². The molecule has 0 unspecified atom stereocenters. The van der Waals surface area contributed by atoms with E-state index in [0.717, 1.165) is 12.1 Å². The third-order valence-corrected chi connectivity index (χ3v) is 5.26. The first-order valence-electron chi connectivity index (χ1n) is 9.85. The van der Waals surface area contributed by atoms with Gasteiger partial charge in [-0.05, 0) is 43.2 Å². The van der Waals surface area contributed by atoms with Gasteiger partial charge >= 0.3 is 6.18 Å². The summed E-state index contributed by atoms with van der Waals surface area (Å²) in [6.07, 6.45) is -0.533. The van der Waals surface area contributed by atoms with Crippen molar-refractivity contribution in [2.24, 2.45) is 5.92 Å².